The Labute approximate surface area is 168 Å². The van der Waals surface area contributed by atoms with Crippen molar-refractivity contribution in [1.29, 1.82) is 5.26 Å². The molecule has 1 N–H and O–H groups in total. The van der Waals surface area contributed by atoms with Crippen LogP contribution < -0.4 is 15.6 Å². The van der Waals surface area contributed by atoms with Crippen LogP contribution in [0.1, 0.15) is 18.9 Å². The molecule has 1 aromatic carbocycles. The first-order valence-electron chi connectivity index (χ1n) is 8.91. The molecule has 0 amide bonds. The lowest BCUT2D eigenvalue weighted by Gasteiger charge is -2.21. The van der Waals surface area contributed by atoms with Gasteiger partial charge in [0.2, 0.25) is 11.7 Å². The molecule has 3 rings (SSSR count). The fourth-order valence-electron chi connectivity index (χ4n) is 3.11. The first-order chi connectivity index (χ1) is 13.4. The Morgan fingerprint density at radius 2 is 2.25 bits per heavy atom. The van der Waals surface area contributed by atoms with Gasteiger partial charge in [-0.05, 0) is 48.6 Å². The molecule has 1 heterocycles. The van der Waals surface area contributed by atoms with E-state index >= 15 is 0 Å². The Kier molecular flexibility index (Phi) is 5.86. The highest BCUT2D eigenvalue weighted by Gasteiger charge is 2.17. The van der Waals surface area contributed by atoms with Crippen molar-refractivity contribution >= 4 is 23.2 Å². The van der Waals surface area contributed by atoms with Gasteiger partial charge in [0.05, 0.1) is 24.9 Å². The van der Waals surface area contributed by atoms with E-state index in [1.165, 1.54) is 7.11 Å². The standard InChI is InChI=1S/C21H21ClN4O2/c1-13-7-8-15(10-23)16(9-13)11-26-12-19(28-3)20(27)25-21(26)24-18-6-4-5-17(22)14(18)2/h4-8,12-13H,9,11H2,1-3H3,(H,24,25,27). The molecule has 1 aliphatic carbocycles. The van der Waals surface area contributed by atoms with Gasteiger partial charge >= 0.3 is 5.56 Å². The smallest absolute Gasteiger partial charge is 0.316 e. The minimum atomic E-state index is -0.465. The van der Waals surface area contributed by atoms with E-state index < -0.39 is 5.56 Å². The summed E-state index contributed by atoms with van der Waals surface area (Å²) >= 11 is 6.21. The zero-order chi connectivity index (χ0) is 20.3. The highest BCUT2D eigenvalue weighted by molar-refractivity contribution is 6.31. The normalized spacial score (nSPS) is 16.0. The van der Waals surface area contributed by atoms with E-state index in [1.54, 1.807) is 16.8 Å². The highest BCUT2D eigenvalue weighted by Crippen LogP contribution is 2.28. The molecule has 0 spiro atoms. The van der Waals surface area contributed by atoms with Gasteiger partial charge in [-0.3, -0.25) is 4.79 Å². The fraction of sp³-hybridized carbons (Fsp3) is 0.286. The van der Waals surface area contributed by atoms with E-state index in [0.29, 0.717) is 29.0 Å². The summed E-state index contributed by atoms with van der Waals surface area (Å²) in [6.45, 7) is 4.41. The number of benzene rings is 1. The number of allylic oxidation sites excluding steroid dienone is 4. The molecule has 28 heavy (non-hydrogen) atoms. The van der Waals surface area contributed by atoms with Crippen molar-refractivity contribution in [3.8, 4) is 11.8 Å². The van der Waals surface area contributed by atoms with Crippen LogP contribution in [0.4, 0.5) is 11.6 Å². The van der Waals surface area contributed by atoms with Gasteiger partial charge in [0.25, 0.3) is 0 Å². The van der Waals surface area contributed by atoms with Gasteiger partial charge in [0, 0.05) is 17.3 Å². The first-order valence-corrected chi connectivity index (χ1v) is 9.28. The number of methoxy groups -OCH3 is 1. The molecule has 0 bridgehead atoms. The monoisotopic (exact) mass is 396 g/mol. The molecule has 0 fully saturated rings. The molecule has 144 valence electrons. The average Bonchev–Trinajstić information content (AvgIpc) is 2.67. The quantitative estimate of drug-likeness (QED) is 0.811. The molecule has 2 aromatic rings. The second-order valence-electron chi connectivity index (χ2n) is 6.77. The Hall–Kier alpha value is -3.04. The molecule has 0 saturated carbocycles. The third kappa shape index (κ3) is 4.10. The second-order valence-corrected chi connectivity index (χ2v) is 7.18. The van der Waals surface area contributed by atoms with Crippen molar-refractivity contribution in [2.75, 3.05) is 12.4 Å². The number of aromatic nitrogens is 2. The molecule has 1 aliphatic rings. The molecule has 1 unspecified atom stereocenters. The largest absolute Gasteiger partial charge is 0.490 e. The van der Waals surface area contributed by atoms with E-state index in [1.807, 2.05) is 31.2 Å². The molecule has 1 aromatic heterocycles. The summed E-state index contributed by atoms with van der Waals surface area (Å²) in [5.74, 6) is 0.850. The van der Waals surface area contributed by atoms with Gasteiger partial charge in [-0.1, -0.05) is 30.7 Å². The molecule has 1 atom stereocenters. The predicted molar refractivity (Wildman–Crippen MR) is 110 cm³/mol. The van der Waals surface area contributed by atoms with Crippen LogP contribution in [-0.2, 0) is 6.54 Å². The Balaban J connectivity index is 2.06. The zero-order valence-corrected chi connectivity index (χ0v) is 16.7. The van der Waals surface area contributed by atoms with Crippen LogP contribution in [-0.4, -0.2) is 16.7 Å². The lowest BCUT2D eigenvalue weighted by atomic mass is 9.91. The van der Waals surface area contributed by atoms with Crippen LogP contribution in [0.25, 0.3) is 0 Å². The maximum absolute atomic E-state index is 12.2. The van der Waals surface area contributed by atoms with Crippen molar-refractivity contribution in [2.45, 2.75) is 26.8 Å². The minimum Gasteiger partial charge on any atom is -0.490 e. The summed E-state index contributed by atoms with van der Waals surface area (Å²) in [5.41, 5.74) is 2.76. The number of nitrogens with one attached hydrogen (secondary N) is 1. The molecule has 0 radical (unpaired) electrons. The molecular formula is C21H21ClN4O2. The maximum Gasteiger partial charge on any atom is 0.316 e. The van der Waals surface area contributed by atoms with Crippen molar-refractivity contribution in [2.24, 2.45) is 5.92 Å². The van der Waals surface area contributed by atoms with Crippen LogP contribution in [0, 0.1) is 24.2 Å². The van der Waals surface area contributed by atoms with E-state index in [-0.39, 0.29) is 5.75 Å². The number of hydrogen-bond donors (Lipinski definition) is 1. The number of hydrogen-bond acceptors (Lipinski definition) is 5. The zero-order valence-electron chi connectivity index (χ0n) is 16.0. The van der Waals surface area contributed by atoms with Gasteiger partial charge in [0.1, 0.15) is 0 Å². The molecule has 0 saturated heterocycles. The maximum atomic E-state index is 12.2. The Bertz CT molecular complexity index is 1060. The van der Waals surface area contributed by atoms with Gasteiger partial charge in [0.15, 0.2) is 0 Å². The van der Waals surface area contributed by atoms with E-state index in [4.69, 9.17) is 16.3 Å². The van der Waals surface area contributed by atoms with Gasteiger partial charge in [-0.15, -0.1) is 0 Å². The predicted octanol–water partition coefficient (Wildman–Crippen LogP) is 4.37. The summed E-state index contributed by atoms with van der Waals surface area (Å²) in [7, 11) is 1.43. The first kappa shape index (κ1) is 19.7. The van der Waals surface area contributed by atoms with Crippen LogP contribution >= 0.6 is 11.6 Å². The van der Waals surface area contributed by atoms with Crippen LogP contribution in [0.2, 0.25) is 5.02 Å². The molecule has 6 nitrogen and oxygen atoms in total. The number of nitriles is 1. The fourth-order valence-corrected chi connectivity index (χ4v) is 3.29. The highest BCUT2D eigenvalue weighted by atomic mass is 35.5. The van der Waals surface area contributed by atoms with E-state index in [2.05, 4.69) is 23.3 Å². The lowest BCUT2D eigenvalue weighted by molar-refractivity contribution is 0.402. The number of nitrogens with zero attached hydrogens (tertiary/aromatic N) is 3. The van der Waals surface area contributed by atoms with Crippen LogP contribution in [0.5, 0.6) is 5.75 Å². The molecule has 0 aliphatic heterocycles. The van der Waals surface area contributed by atoms with Gasteiger partial charge in [-0.2, -0.15) is 10.2 Å². The summed E-state index contributed by atoms with van der Waals surface area (Å²) < 4.78 is 6.95. The van der Waals surface area contributed by atoms with Gasteiger partial charge in [-0.25, -0.2) is 0 Å². The number of anilines is 2. The summed E-state index contributed by atoms with van der Waals surface area (Å²) in [5, 5.41) is 13.3. The van der Waals surface area contributed by atoms with Crippen molar-refractivity contribution in [3.05, 3.63) is 68.6 Å². The van der Waals surface area contributed by atoms with Crippen molar-refractivity contribution in [3.63, 3.8) is 0 Å². The van der Waals surface area contributed by atoms with Crippen LogP contribution in [0.15, 0.2) is 52.5 Å². The topological polar surface area (TPSA) is 79.9 Å². The van der Waals surface area contributed by atoms with E-state index in [9.17, 15) is 10.1 Å². The third-order valence-electron chi connectivity index (χ3n) is 4.72. The van der Waals surface area contributed by atoms with Gasteiger partial charge < -0.3 is 14.6 Å². The third-order valence-corrected chi connectivity index (χ3v) is 5.13. The molecule has 7 heteroatoms. The SMILES string of the molecule is COc1cn(CC2=C(C#N)C=CC(C)C2)c(Nc2cccc(Cl)c2C)nc1=O. The minimum absolute atomic E-state index is 0.145. The average molecular weight is 397 g/mol. The van der Waals surface area contributed by atoms with Crippen molar-refractivity contribution in [1.82, 2.24) is 9.55 Å². The summed E-state index contributed by atoms with van der Waals surface area (Å²) in [6.07, 6.45) is 6.26. The number of rotatable bonds is 5. The lowest BCUT2D eigenvalue weighted by Crippen LogP contribution is -2.20. The summed E-state index contributed by atoms with van der Waals surface area (Å²) in [6, 6.07) is 7.75. The Morgan fingerprint density at radius 1 is 1.46 bits per heavy atom. The Morgan fingerprint density at radius 3 is 2.96 bits per heavy atom. The second kappa shape index (κ2) is 8.32. The molecular weight excluding hydrogens is 376 g/mol. The van der Waals surface area contributed by atoms with Crippen molar-refractivity contribution < 1.29 is 4.74 Å². The number of ether oxygens (including phenoxy) is 1. The van der Waals surface area contributed by atoms with Crippen LogP contribution in [0.3, 0.4) is 0 Å². The number of halogens is 1. The van der Waals surface area contributed by atoms with E-state index in [0.717, 1.165) is 23.2 Å². The summed E-state index contributed by atoms with van der Waals surface area (Å²) in [4.78, 5) is 16.4.